The number of rotatable bonds is 5. The van der Waals surface area contributed by atoms with Crippen LogP contribution in [0.4, 0.5) is 11.8 Å². The molecule has 35 heavy (non-hydrogen) atoms. The molecule has 0 N–H and O–H groups in total. The van der Waals surface area contributed by atoms with Gasteiger partial charge in [0, 0.05) is 55.9 Å². The molecule has 0 bridgehead atoms. The molecule has 2 aromatic heterocycles. The van der Waals surface area contributed by atoms with Crippen LogP contribution >= 0.6 is 23.2 Å². The molecule has 2 aromatic carbocycles. The molecule has 0 unspecified atom stereocenters. The van der Waals surface area contributed by atoms with Gasteiger partial charge in [0.15, 0.2) is 5.65 Å². The van der Waals surface area contributed by atoms with Crippen molar-refractivity contribution in [3.05, 3.63) is 70.3 Å². The van der Waals surface area contributed by atoms with Crippen LogP contribution in [0.5, 0.6) is 0 Å². The van der Waals surface area contributed by atoms with Crippen molar-refractivity contribution >= 4 is 46.0 Å². The van der Waals surface area contributed by atoms with Crippen LogP contribution in [0.1, 0.15) is 18.4 Å². The minimum absolute atomic E-state index is 0.668. The molecule has 0 aliphatic carbocycles. The fraction of sp³-hybridized carbons (Fsp3) is 0.346. The number of piperazine rings is 1. The zero-order valence-electron chi connectivity index (χ0n) is 19.4. The van der Waals surface area contributed by atoms with Crippen molar-refractivity contribution in [1.29, 1.82) is 0 Å². The number of benzene rings is 2. The SMILES string of the molecule is Clc1ccc(CN2CCN(c3nc(N4CCCC4)nc4c3cnn4-c3ccccc3)CC2)c(Cl)c1. The summed E-state index contributed by atoms with van der Waals surface area (Å²) in [6.45, 7) is 6.43. The number of halogens is 2. The molecule has 0 amide bonds. The number of hydrogen-bond acceptors (Lipinski definition) is 6. The highest BCUT2D eigenvalue weighted by atomic mass is 35.5. The Morgan fingerprint density at radius 1 is 0.800 bits per heavy atom. The van der Waals surface area contributed by atoms with Gasteiger partial charge in [-0.1, -0.05) is 47.5 Å². The second-order valence-electron chi connectivity index (χ2n) is 9.17. The third-order valence-electron chi connectivity index (χ3n) is 6.87. The van der Waals surface area contributed by atoms with Crippen LogP contribution in [0, 0.1) is 0 Å². The van der Waals surface area contributed by atoms with E-state index in [9.17, 15) is 0 Å². The number of para-hydroxylation sites is 1. The summed E-state index contributed by atoms with van der Waals surface area (Å²) >= 11 is 12.5. The van der Waals surface area contributed by atoms with E-state index in [1.165, 1.54) is 12.8 Å². The smallest absolute Gasteiger partial charge is 0.229 e. The van der Waals surface area contributed by atoms with E-state index in [1.807, 2.05) is 47.3 Å². The number of aromatic nitrogens is 4. The summed E-state index contributed by atoms with van der Waals surface area (Å²) in [6, 6.07) is 15.9. The van der Waals surface area contributed by atoms with Gasteiger partial charge in [-0.25, -0.2) is 4.68 Å². The lowest BCUT2D eigenvalue weighted by Crippen LogP contribution is -2.46. The lowest BCUT2D eigenvalue weighted by molar-refractivity contribution is 0.249. The van der Waals surface area contributed by atoms with Crippen LogP contribution in [-0.4, -0.2) is 63.9 Å². The first-order valence-electron chi connectivity index (χ1n) is 12.1. The molecular weight excluding hydrogens is 481 g/mol. The van der Waals surface area contributed by atoms with Crippen LogP contribution in [0.25, 0.3) is 16.7 Å². The van der Waals surface area contributed by atoms with Gasteiger partial charge in [-0.15, -0.1) is 0 Å². The van der Waals surface area contributed by atoms with Gasteiger partial charge in [-0.2, -0.15) is 15.1 Å². The van der Waals surface area contributed by atoms with E-state index >= 15 is 0 Å². The molecule has 2 aliphatic rings. The fourth-order valence-electron chi connectivity index (χ4n) is 4.95. The van der Waals surface area contributed by atoms with Gasteiger partial charge in [-0.3, -0.25) is 4.90 Å². The van der Waals surface area contributed by atoms with Gasteiger partial charge >= 0.3 is 0 Å². The summed E-state index contributed by atoms with van der Waals surface area (Å²) in [6.07, 6.45) is 4.27. The Bertz CT molecular complexity index is 1330. The molecule has 9 heteroatoms. The first kappa shape index (κ1) is 22.6. The van der Waals surface area contributed by atoms with Crippen molar-refractivity contribution in [2.45, 2.75) is 19.4 Å². The van der Waals surface area contributed by atoms with Crippen molar-refractivity contribution < 1.29 is 0 Å². The first-order valence-corrected chi connectivity index (χ1v) is 12.9. The summed E-state index contributed by atoms with van der Waals surface area (Å²) in [4.78, 5) is 17.2. The second kappa shape index (κ2) is 9.64. The third-order valence-corrected chi connectivity index (χ3v) is 7.45. The minimum atomic E-state index is 0.668. The number of nitrogens with zero attached hydrogens (tertiary/aromatic N) is 7. The van der Waals surface area contributed by atoms with Crippen molar-refractivity contribution in [3.63, 3.8) is 0 Å². The Morgan fingerprint density at radius 3 is 2.31 bits per heavy atom. The highest BCUT2D eigenvalue weighted by Gasteiger charge is 2.25. The van der Waals surface area contributed by atoms with Crippen LogP contribution in [-0.2, 0) is 6.54 Å². The second-order valence-corrected chi connectivity index (χ2v) is 10.0. The maximum atomic E-state index is 6.42. The van der Waals surface area contributed by atoms with Crippen LogP contribution in [0.3, 0.4) is 0 Å². The van der Waals surface area contributed by atoms with Crippen LogP contribution < -0.4 is 9.80 Å². The molecule has 2 saturated heterocycles. The van der Waals surface area contributed by atoms with Gasteiger partial charge in [0.25, 0.3) is 0 Å². The molecule has 2 fully saturated rings. The van der Waals surface area contributed by atoms with Gasteiger partial charge in [-0.05, 0) is 42.7 Å². The molecule has 0 radical (unpaired) electrons. The summed E-state index contributed by atoms with van der Waals surface area (Å²) in [5, 5.41) is 7.09. The molecule has 6 rings (SSSR count). The van der Waals surface area contributed by atoms with Gasteiger partial charge < -0.3 is 9.80 Å². The van der Waals surface area contributed by atoms with Gasteiger partial charge in [0.05, 0.1) is 17.3 Å². The quantitative estimate of drug-likeness (QED) is 0.377. The molecule has 4 heterocycles. The third kappa shape index (κ3) is 4.56. The van der Waals surface area contributed by atoms with E-state index in [4.69, 9.17) is 38.3 Å². The Morgan fingerprint density at radius 2 is 1.57 bits per heavy atom. The van der Waals surface area contributed by atoms with E-state index in [-0.39, 0.29) is 0 Å². The van der Waals surface area contributed by atoms with Crippen molar-refractivity contribution in [1.82, 2.24) is 24.6 Å². The zero-order chi connectivity index (χ0) is 23.8. The molecular formula is C26H27Cl2N7. The minimum Gasteiger partial charge on any atom is -0.353 e. The first-order chi connectivity index (χ1) is 17.2. The molecule has 7 nitrogen and oxygen atoms in total. The Hall–Kier alpha value is -2.87. The van der Waals surface area contributed by atoms with Crippen molar-refractivity contribution in [2.24, 2.45) is 0 Å². The zero-order valence-corrected chi connectivity index (χ0v) is 21.0. The van der Waals surface area contributed by atoms with Crippen molar-refractivity contribution in [2.75, 3.05) is 49.1 Å². The van der Waals surface area contributed by atoms with Gasteiger partial charge in [0.1, 0.15) is 5.82 Å². The summed E-state index contributed by atoms with van der Waals surface area (Å²) in [5.41, 5.74) is 2.97. The molecule has 0 spiro atoms. The van der Waals surface area contributed by atoms with E-state index in [0.29, 0.717) is 5.02 Å². The summed E-state index contributed by atoms with van der Waals surface area (Å²) < 4.78 is 1.93. The number of hydrogen-bond donors (Lipinski definition) is 0. The fourth-order valence-corrected chi connectivity index (χ4v) is 5.42. The Balaban J connectivity index is 1.29. The molecule has 2 aliphatic heterocycles. The monoisotopic (exact) mass is 507 g/mol. The number of anilines is 2. The number of fused-ring (bicyclic) bond motifs is 1. The molecule has 4 aromatic rings. The predicted octanol–water partition coefficient (Wildman–Crippen LogP) is 5.04. The average Bonchev–Trinajstić information content (AvgIpc) is 3.57. The Kier molecular flexibility index (Phi) is 6.22. The lowest BCUT2D eigenvalue weighted by Gasteiger charge is -2.36. The van der Waals surface area contributed by atoms with Crippen LogP contribution in [0.15, 0.2) is 54.7 Å². The largest absolute Gasteiger partial charge is 0.353 e. The molecule has 0 saturated carbocycles. The maximum Gasteiger partial charge on any atom is 0.229 e. The highest BCUT2D eigenvalue weighted by molar-refractivity contribution is 6.35. The highest BCUT2D eigenvalue weighted by Crippen LogP contribution is 2.30. The van der Waals surface area contributed by atoms with Crippen LogP contribution in [0.2, 0.25) is 10.0 Å². The normalized spacial score (nSPS) is 17.0. The predicted molar refractivity (Wildman–Crippen MR) is 142 cm³/mol. The summed E-state index contributed by atoms with van der Waals surface area (Å²) in [7, 11) is 0. The van der Waals surface area contributed by atoms with E-state index in [0.717, 1.165) is 84.9 Å². The van der Waals surface area contributed by atoms with E-state index in [2.05, 4.69) is 26.8 Å². The topological polar surface area (TPSA) is 53.3 Å². The van der Waals surface area contributed by atoms with Gasteiger partial charge in [0.2, 0.25) is 5.95 Å². The maximum absolute atomic E-state index is 6.42. The molecule has 0 atom stereocenters. The lowest BCUT2D eigenvalue weighted by atomic mass is 10.2. The summed E-state index contributed by atoms with van der Waals surface area (Å²) in [5.74, 6) is 1.78. The Labute approximate surface area is 214 Å². The standard InChI is InChI=1S/C26H27Cl2N7/c27-20-9-8-19(23(28)16-20)18-32-12-14-33(15-13-32)24-22-17-29-35(21-6-2-1-3-7-21)25(22)31-26(30-24)34-10-4-5-11-34/h1-3,6-9,16-17H,4-5,10-15,18H2. The van der Waals surface area contributed by atoms with E-state index < -0.39 is 0 Å². The van der Waals surface area contributed by atoms with Crippen molar-refractivity contribution in [3.8, 4) is 5.69 Å². The average molecular weight is 508 g/mol. The van der Waals surface area contributed by atoms with E-state index in [1.54, 1.807) is 0 Å². The molecule has 180 valence electrons.